The number of fused-ring (bicyclic) bond motifs is 1. The molecule has 3 fully saturated rings. The Hall–Kier alpha value is -2.29. The molecule has 1 N–H and O–H groups in total. The number of halogens is 3. The number of rotatable bonds is 5. The van der Waals surface area contributed by atoms with Gasteiger partial charge in [0.25, 0.3) is 5.91 Å². The van der Waals surface area contributed by atoms with E-state index in [-0.39, 0.29) is 18.0 Å². The number of imide groups is 1. The molecule has 0 aliphatic carbocycles. The molecule has 6 nitrogen and oxygen atoms in total. The number of hydrogen-bond donors (Lipinski definition) is 1. The van der Waals surface area contributed by atoms with Crippen LogP contribution in [0.4, 0.5) is 23.7 Å². The number of quaternary nitrogens is 1. The summed E-state index contributed by atoms with van der Waals surface area (Å²) in [5, 5.41) is 0. The van der Waals surface area contributed by atoms with Gasteiger partial charge >= 0.3 is 12.2 Å². The number of piperidine rings is 1. The number of nitrogens with zero attached hydrogens (tertiary/aromatic N) is 3. The molecule has 3 saturated heterocycles. The number of piperazine rings is 1. The summed E-state index contributed by atoms with van der Waals surface area (Å²) in [5.41, 5.74) is -0.0141. The summed E-state index contributed by atoms with van der Waals surface area (Å²) in [6.07, 6.45) is -0.861. The van der Waals surface area contributed by atoms with E-state index in [0.717, 1.165) is 51.4 Å². The zero-order chi connectivity index (χ0) is 21.3. The van der Waals surface area contributed by atoms with Crippen molar-refractivity contribution in [2.75, 3.05) is 50.7 Å². The van der Waals surface area contributed by atoms with Gasteiger partial charge in [-0.2, -0.15) is 13.2 Å². The van der Waals surface area contributed by atoms with Crippen LogP contribution in [0.2, 0.25) is 0 Å². The topological polar surface area (TPSA) is 48.3 Å². The molecule has 0 saturated carbocycles. The maximum atomic E-state index is 12.9. The second kappa shape index (κ2) is 8.45. The molecule has 0 radical (unpaired) electrons. The number of hydrogen-bond acceptors (Lipinski definition) is 3. The summed E-state index contributed by atoms with van der Waals surface area (Å²) in [5.74, 6) is -0.0518. The summed E-state index contributed by atoms with van der Waals surface area (Å²) in [6, 6.07) is 5.08. The van der Waals surface area contributed by atoms with Gasteiger partial charge < -0.3 is 14.7 Å². The average Bonchev–Trinajstić information content (AvgIpc) is 2.99. The summed E-state index contributed by atoms with van der Waals surface area (Å²) in [4.78, 5) is 31.4. The fourth-order valence-electron chi connectivity index (χ4n) is 4.75. The molecule has 0 spiro atoms. The van der Waals surface area contributed by atoms with Gasteiger partial charge in [0.05, 0.1) is 38.3 Å². The van der Waals surface area contributed by atoms with Gasteiger partial charge in [0.15, 0.2) is 0 Å². The van der Waals surface area contributed by atoms with E-state index in [0.29, 0.717) is 31.9 Å². The Kier molecular flexibility index (Phi) is 5.90. The van der Waals surface area contributed by atoms with Gasteiger partial charge in [-0.15, -0.1) is 0 Å². The Bertz CT molecular complexity index is 769. The van der Waals surface area contributed by atoms with Gasteiger partial charge in [0.2, 0.25) is 0 Å². The van der Waals surface area contributed by atoms with Crippen LogP contribution >= 0.6 is 0 Å². The number of urea groups is 1. The molecule has 1 aromatic carbocycles. The lowest BCUT2D eigenvalue weighted by Crippen LogP contribution is -3.15. The van der Waals surface area contributed by atoms with Crippen LogP contribution in [0.15, 0.2) is 24.3 Å². The van der Waals surface area contributed by atoms with Crippen molar-refractivity contribution in [3.05, 3.63) is 29.8 Å². The van der Waals surface area contributed by atoms with Crippen molar-refractivity contribution in [3.63, 3.8) is 0 Å². The van der Waals surface area contributed by atoms with Crippen LogP contribution in [0.5, 0.6) is 0 Å². The summed E-state index contributed by atoms with van der Waals surface area (Å²) >= 11 is 0. The van der Waals surface area contributed by atoms with E-state index in [2.05, 4.69) is 0 Å². The van der Waals surface area contributed by atoms with E-state index in [1.54, 1.807) is 11.0 Å². The van der Waals surface area contributed by atoms with Crippen molar-refractivity contribution >= 4 is 17.6 Å². The smallest absolute Gasteiger partial charge is 0.360 e. The first kappa shape index (κ1) is 21.0. The van der Waals surface area contributed by atoms with Crippen LogP contribution in [0.3, 0.4) is 0 Å². The third-order valence-electron chi connectivity index (χ3n) is 6.45. The standard InChI is InChI=1S/C21H27F3N4O2/c22-21(23,24)16-5-3-6-17(15-16)26-13-11-25(12-14-26)8-4-10-28-19(29)18-7-1-2-9-27(18)20(28)30/h3,5-6,15,18H,1-2,4,7-14H2/p+1/t18-/m0/s1. The number of carbonyl (C=O) groups excluding carboxylic acids is 2. The Morgan fingerprint density at radius 3 is 2.53 bits per heavy atom. The fourth-order valence-corrected chi connectivity index (χ4v) is 4.75. The third kappa shape index (κ3) is 4.26. The van der Waals surface area contributed by atoms with Gasteiger partial charge in [-0.25, -0.2) is 4.79 Å². The lowest BCUT2D eigenvalue weighted by Gasteiger charge is -2.34. The van der Waals surface area contributed by atoms with Crippen molar-refractivity contribution in [2.45, 2.75) is 37.9 Å². The molecule has 3 heterocycles. The van der Waals surface area contributed by atoms with Crippen LogP contribution in [-0.4, -0.2) is 73.6 Å². The predicted octanol–water partition coefficient (Wildman–Crippen LogP) is 1.62. The van der Waals surface area contributed by atoms with Crippen molar-refractivity contribution in [1.29, 1.82) is 0 Å². The molecule has 0 unspecified atom stereocenters. The fraction of sp³-hybridized carbons (Fsp3) is 0.619. The van der Waals surface area contributed by atoms with Crippen molar-refractivity contribution < 1.29 is 27.7 Å². The Morgan fingerprint density at radius 1 is 1.07 bits per heavy atom. The van der Waals surface area contributed by atoms with Crippen LogP contribution in [0, 0.1) is 0 Å². The number of alkyl halides is 3. The number of carbonyl (C=O) groups is 2. The maximum Gasteiger partial charge on any atom is 0.416 e. The largest absolute Gasteiger partial charge is 0.416 e. The average molecular weight is 425 g/mol. The molecule has 9 heteroatoms. The molecule has 0 aromatic heterocycles. The summed E-state index contributed by atoms with van der Waals surface area (Å²) in [6.45, 7) is 5.00. The number of benzene rings is 1. The van der Waals surface area contributed by atoms with E-state index in [1.807, 2.05) is 4.90 Å². The highest BCUT2D eigenvalue weighted by Gasteiger charge is 2.45. The van der Waals surface area contributed by atoms with Crippen LogP contribution in [0.25, 0.3) is 0 Å². The highest BCUT2D eigenvalue weighted by atomic mass is 19.4. The second-order valence-electron chi connectivity index (χ2n) is 8.37. The van der Waals surface area contributed by atoms with E-state index >= 15 is 0 Å². The summed E-state index contributed by atoms with van der Waals surface area (Å²) in [7, 11) is 0. The third-order valence-corrected chi connectivity index (χ3v) is 6.45. The highest BCUT2D eigenvalue weighted by molar-refractivity contribution is 6.04. The number of anilines is 1. The molecule has 3 amide bonds. The minimum Gasteiger partial charge on any atom is -0.360 e. The first-order valence-electron chi connectivity index (χ1n) is 10.7. The Labute approximate surface area is 174 Å². The zero-order valence-corrected chi connectivity index (χ0v) is 17.0. The first-order valence-corrected chi connectivity index (χ1v) is 10.7. The molecular weight excluding hydrogens is 397 g/mol. The zero-order valence-electron chi connectivity index (χ0n) is 17.0. The molecule has 4 rings (SSSR count). The van der Waals surface area contributed by atoms with E-state index in [1.165, 1.54) is 21.9 Å². The van der Waals surface area contributed by atoms with Gasteiger partial charge in [0.1, 0.15) is 6.04 Å². The molecule has 1 aromatic rings. The van der Waals surface area contributed by atoms with Crippen molar-refractivity contribution in [3.8, 4) is 0 Å². The van der Waals surface area contributed by atoms with E-state index < -0.39 is 11.7 Å². The Balaban J connectivity index is 1.24. The predicted molar refractivity (Wildman–Crippen MR) is 105 cm³/mol. The minimum atomic E-state index is -4.33. The van der Waals surface area contributed by atoms with Crippen LogP contribution in [-0.2, 0) is 11.0 Å². The minimum absolute atomic E-state index is 0.0518. The molecule has 164 valence electrons. The van der Waals surface area contributed by atoms with Crippen molar-refractivity contribution in [1.82, 2.24) is 9.80 Å². The van der Waals surface area contributed by atoms with Gasteiger partial charge in [0, 0.05) is 25.2 Å². The highest BCUT2D eigenvalue weighted by Crippen LogP contribution is 2.31. The second-order valence-corrected chi connectivity index (χ2v) is 8.37. The number of amides is 3. The SMILES string of the molecule is O=C1[C@@H]2CCCCN2C(=O)N1CCC[NH+]1CCN(c2cccc(C(F)(F)F)c2)CC1. The quantitative estimate of drug-likeness (QED) is 0.730. The van der Waals surface area contributed by atoms with Gasteiger partial charge in [-0.05, 0) is 37.5 Å². The molecule has 0 bridgehead atoms. The molecular formula is C21H28F3N4O2+. The maximum absolute atomic E-state index is 12.9. The molecule has 3 aliphatic rings. The summed E-state index contributed by atoms with van der Waals surface area (Å²) < 4.78 is 38.8. The van der Waals surface area contributed by atoms with Gasteiger partial charge in [-0.1, -0.05) is 6.07 Å². The lowest BCUT2D eigenvalue weighted by atomic mass is 10.0. The first-order chi connectivity index (χ1) is 14.3. The van der Waals surface area contributed by atoms with Crippen LogP contribution in [0.1, 0.15) is 31.2 Å². The molecule has 1 atom stereocenters. The normalized spacial score (nSPS) is 23.3. The molecule has 3 aliphatic heterocycles. The Morgan fingerprint density at radius 2 is 1.83 bits per heavy atom. The monoisotopic (exact) mass is 425 g/mol. The number of nitrogens with one attached hydrogen (secondary N) is 1. The van der Waals surface area contributed by atoms with Crippen LogP contribution < -0.4 is 9.80 Å². The van der Waals surface area contributed by atoms with E-state index in [9.17, 15) is 22.8 Å². The van der Waals surface area contributed by atoms with Crippen molar-refractivity contribution in [2.24, 2.45) is 0 Å². The lowest BCUT2D eigenvalue weighted by molar-refractivity contribution is -0.900. The van der Waals surface area contributed by atoms with Gasteiger partial charge in [-0.3, -0.25) is 9.69 Å². The van der Waals surface area contributed by atoms with E-state index in [4.69, 9.17) is 0 Å². The molecule has 30 heavy (non-hydrogen) atoms.